The summed E-state index contributed by atoms with van der Waals surface area (Å²) in [5.41, 5.74) is 10.6. The Morgan fingerprint density at radius 2 is 1.15 bits per heavy atom. The molecule has 0 spiro atoms. The minimum atomic E-state index is 1.07. The molecule has 1 heterocycles. The molecule has 6 aromatic carbocycles. The normalized spacial score (nSPS) is 11.5. The third kappa shape index (κ3) is 3.67. The maximum Gasteiger partial charge on any atom is 0.124 e. The number of hydrogen-bond acceptors (Lipinski definition) is 3. The van der Waals surface area contributed by atoms with Gasteiger partial charge in [0.25, 0.3) is 0 Å². The highest BCUT2D eigenvalue weighted by atomic mass is 32.1. The van der Waals surface area contributed by atoms with Crippen LogP contribution in [0.3, 0.4) is 0 Å². The molecular weight excluding hydrogens is 504 g/mol. The van der Waals surface area contributed by atoms with Crippen molar-refractivity contribution in [3.05, 3.63) is 146 Å². The van der Waals surface area contributed by atoms with E-state index in [9.17, 15) is 0 Å². The first-order valence-electron chi connectivity index (χ1n) is 13.5. The lowest BCUT2D eigenvalue weighted by Crippen LogP contribution is -2.10. The van der Waals surface area contributed by atoms with Gasteiger partial charge in [-0.1, -0.05) is 115 Å². The highest BCUT2D eigenvalue weighted by Crippen LogP contribution is 2.53. The highest BCUT2D eigenvalue weighted by Gasteiger charge is 2.28. The first kappa shape index (κ1) is 22.9. The SMILES string of the molecule is c1ccc(-c2cccc(N(c3ccccc3)c3ccc4c5c(cccc35)-c3nc(-c5ccccc5)sc3-4)c2)cc1. The monoisotopic (exact) mass is 528 g/mol. The minimum Gasteiger partial charge on any atom is -0.310 e. The highest BCUT2D eigenvalue weighted by molar-refractivity contribution is 7.19. The molecule has 0 saturated heterocycles. The van der Waals surface area contributed by atoms with E-state index in [-0.39, 0.29) is 0 Å². The van der Waals surface area contributed by atoms with E-state index < -0.39 is 0 Å². The van der Waals surface area contributed by atoms with Crippen molar-refractivity contribution in [2.75, 3.05) is 4.90 Å². The summed E-state index contributed by atoms with van der Waals surface area (Å²) in [7, 11) is 0. The van der Waals surface area contributed by atoms with Crippen LogP contribution in [0.5, 0.6) is 0 Å². The minimum absolute atomic E-state index is 1.07. The molecule has 0 bridgehead atoms. The third-order valence-corrected chi connectivity index (χ3v) is 8.77. The fourth-order valence-electron chi connectivity index (χ4n) is 5.82. The average molecular weight is 529 g/mol. The van der Waals surface area contributed by atoms with Gasteiger partial charge in [-0.05, 0) is 41.5 Å². The van der Waals surface area contributed by atoms with Crippen LogP contribution in [0.2, 0.25) is 0 Å². The average Bonchev–Trinajstić information content (AvgIpc) is 3.60. The van der Waals surface area contributed by atoms with E-state index in [1.165, 1.54) is 43.5 Å². The quantitative estimate of drug-likeness (QED) is 0.221. The molecule has 2 nitrogen and oxygen atoms in total. The summed E-state index contributed by atoms with van der Waals surface area (Å²) in [4.78, 5) is 8.78. The Labute approximate surface area is 237 Å². The fraction of sp³-hybridized carbons (Fsp3) is 0. The molecule has 1 aromatic heterocycles. The second-order valence-electron chi connectivity index (χ2n) is 10.0. The molecule has 0 N–H and O–H groups in total. The summed E-state index contributed by atoms with van der Waals surface area (Å²) in [6.07, 6.45) is 0. The molecule has 3 heteroatoms. The van der Waals surface area contributed by atoms with Gasteiger partial charge < -0.3 is 4.90 Å². The Kier molecular flexibility index (Phi) is 5.35. The van der Waals surface area contributed by atoms with Crippen molar-refractivity contribution in [3.8, 4) is 43.4 Å². The van der Waals surface area contributed by atoms with Gasteiger partial charge in [-0.3, -0.25) is 0 Å². The summed E-state index contributed by atoms with van der Waals surface area (Å²) in [5.74, 6) is 0. The van der Waals surface area contributed by atoms with Gasteiger partial charge in [0.05, 0.1) is 16.3 Å². The predicted octanol–water partition coefficient (Wildman–Crippen LogP) is 10.7. The maximum absolute atomic E-state index is 5.14. The largest absolute Gasteiger partial charge is 0.310 e. The molecule has 0 atom stereocenters. The third-order valence-electron chi connectivity index (χ3n) is 7.63. The van der Waals surface area contributed by atoms with Gasteiger partial charge in [-0.15, -0.1) is 11.3 Å². The molecule has 0 radical (unpaired) electrons. The van der Waals surface area contributed by atoms with Gasteiger partial charge in [0, 0.05) is 38.8 Å². The van der Waals surface area contributed by atoms with Crippen molar-refractivity contribution in [3.63, 3.8) is 0 Å². The van der Waals surface area contributed by atoms with Crippen LogP contribution in [0.15, 0.2) is 146 Å². The molecule has 0 fully saturated rings. The van der Waals surface area contributed by atoms with Crippen molar-refractivity contribution < 1.29 is 0 Å². The summed E-state index contributed by atoms with van der Waals surface area (Å²) < 4.78 is 0. The molecule has 0 saturated carbocycles. The molecule has 40 heavy (non-hydrogen) atoms. The van der Waals surface area contributed by atoms with Gasteiger partial charge in [-0.25, -0.2) is 4.98 Å². The number of nitrogens with zero attached hydrogens (tertiary/aromatic N) is 2. The van der Waals surface area contributed by atoms with Crippen LogP contribution in [0.25, 0.3) is 54.2 Å². The van der Waals surface area contributed by atoms with Crippen molar-refractivity contribution in [1.82, 2.24) is 4.98 Å². The van der Waals surface area contributed by atoms with Crippen LogP contribution in [-0.4, -0.2) is 4.98 Å². The zero-order valence-electron chi connectivity index (χ0n) is 21.7. The summed E-state index contributed by atoms with van der Waals surface area (Å²) in [6.45, 7) is 0. The number of hydrogen-bond donors (Lipinski definition) is 0. The van der Waals surface area contributed by atoms with Crippen LogP contribution in [-0.2, 0) is 0 Å². The van der Waals surface area contributed by atoms with E-state index in [1.807, 2.05) is 0 Å². The molecular formula is C37H24N2S. The Morgan fingerprint density at radius 3 is 1.93 bits per heavy atom. The van der Waals surface area contributed by atoms with Crippen LogP contribution < -0.4 is 4.90 Å². The van der Waals surface area contributed by atoms with Gasteiger partial charge >= 0.3 is 0 Å². The smallest absolute Gasteiger partial charge is 0.124 e. The van der Waals surface area contributed by atoms with Gasteiger partial charge in [-0.2, -0.15) is 0 Å². The van der Waals surface area contributed by atoms with Gasteiger partial charge in [0.2, 0.25) is 0 Å². The Balaban J connectivity index is 1.31. The molecule has 188 valence electrons. The topological polar surface area (TPSA) is 16.1 Å². The van der Waals surface area contributed by atoms with E-state index >= 15 is 0 Å². The molecule has 8 rings (SSSR count). The van der Waals surface area contributed by atoms with Crippen LogP contribution in [0.4, 0.5) is 17.1 Å². The molecule has 7 aromatic rings. The Morgan fingerprint density at radius 1 is 0.500 bits per heavy atom. The number of benzene rings is 6. The lowest BCUT2D eigenvalue weighted by atomic mass is 10.00. The number of fused-ring (bicyclic) bond motifs is 3. The second kappa shape index (κ2) is 9.33. The molecule has 0 amide bonds. The van der Waals surface area contributed by atoms with Crippen LogP contribution in [0.1, 0.15) is 0 Å². The van der Waals surface area contributed by atoms with E-state index in [0.717, 1.165) is 27.8 Å². The zero-order valence-corrected chi connectivity index (χ0v) is 22.5. The van der Waals surface area contributed by atoms with E-state index in [2.05, 4.69) is 150 Å². The van der Waals surface area contributed by atoms with Gasteiger partial charge in [0.15, 0.2) is 0 Å². The van der Waals surface area contributed by atoms with E-state index in [1.54, 1.807) is 11.3 Å². The molecule has 1 aliphatic rings. The standard InChI is InChI=1S/C37H24N2S/c1-4-12-25(13-5-1)27-16-10-19-29(24-27)39(28-17-8-3-9-18-28)33-23-22-32-34-30(33)20-11-21-31(34)35-36(32)40-37(38-35)26-14-6-2-7-15-26/h1-24H. The predicted molar refractivity (Wildman–Crippen MR) is 170 cm³/mol. The number of anilines is 3. The number of aromatic nitrogens is 1. The first-order valence-corrected chi connectivity index (χ1v) is 14.3. The molecule has 0 unspecified atom stereocenters. The number of thiazole rings is 1. The van der Waals surface area contributed by atoms with E-state index in [4.69, 9.17) is 4.98 Å². The van der Waals surface area contributed by atoms with Gasteiger partial charge in [0.1, 0.15) is 5.01 Å². The first-order chi connectivity index (χ1) is 19.8. The molecule has 0 aliphatic heterocycles. The summed E-state index contributed by atoms with van der Waals surface area (Å²) >= 11 is 1.79. The zero-order chi connectivity index (χ0) is 26.5. The molecule has 1 aliphatic carbocycles. The van der Waals surface area contributed by atoms with Crippen molar-refractivity contribution >= 4 is 39.2 Å². The Hall–Kier alpha value is -4.99. The van der Waals surface area contributed by atoms with E-state index in [0.29, 0.717) is 0 Å². The summed E-state index contributed by atoms with van der Waals surface area (Å²) in [5, 5.41) is 3.59. The number of para-hydroxylation sites is 1. The lowest BCUT2D eigenvalue weighted by molar-refractivity contribution is 1.30. The van der Waals surface area contributed by atoms with Crippen molar-refractivity contribution in [1.29, 1.82) is 0 Å². The fourth-order valence-corrected chi connectivity index (χ4v) is 6.94. The van der Waals surface area contributed by atoms with Crippen LogP contribution in [0, 0.1) is 0 Å². The second-order valence-corrected chi connectivity index (χ2v) is 11.0. The van der Waals surface area contributed by atoms with Crippen LogP contribution >= 0.6 is 11.3 Å². The van der Waals surface area contributed by atoms with Crippen molar-refractivity contribution in [2.45, 2.75) is 0 Å². The maximum atomic E-state index is 5.14. The summed E-state index contributed by atoms with van der Waals surface area (Å²) in [6, 6.07) is 51.8. The Bertz CT molecular complexity index is 1970. The van der Waals surface area contributed by atoms with Crippen molar-refractivity contribution in [2.24, 2.45) is 0 Å². The number of rotatable bonds is 5. The lowest BCUT2D eigenvalue weighted by Gasteiger charge is -2.27.